The van der Waals surface area contributed by atoms with Gasteiger partial charge in [0.05, 0.1) is 11.1 Å². The van der Waals surface area contributed by atoms with Gasteiger partial charge in [-0.05, 0) is 87.5 Å². The molecule has 1 aliphatic rings. The third-order valence-corrected chi connectivity index (χ3v) is 8.46. The van der Waals surface area contributed by atoms with Gasteiger partial charge in [-0.2, -0.15) is 5.10 Å². The number of nitrogens with zero attached hydrogens (tertiary/aromatic N) is 4. The Morgan fingerprint density at radius 1 is 1.07 bits per heavy atom. The van der Waals surface area contributed by atoms with Gasteiger partial charge in [0.2, 0.25) is 0 Å². The summed E-state index contributed by atoms with van der Waals surface area (Å²) in [6.07, 6.45) is 10.8. The van der Waals surface area contributed by atoms with E-state index < -0.39 is 10.0 Å². The number of hydrogen-bond acceptors (Lipinski definition) is 7. The molecular formula is C32H34N6O3S. The summed E-state index contributed by atoms with van der Waals surface area (Å²) in [6.45, 7) is 6.70. The lowest BCUT2D eigenvalue weighted by Gasteiger charge is -2.17. The summed E-state index contributed by atoms with van der Waals surface area (Å²) in [4.78, 5) is 19.9. The Morgan fingerprint density at radius 3 is 2.45 bits per heavy atom. The van der Waals surface area contributed by atoms with E-state index in [9.17, 15) is 13.2 Å². The Hall–Kier alpha value is -4.54. The molecule has 0 saturated carbocycles. The number of Topliss-reactive ketones (excluding diaryl/α,β-unsaturated/α-hetero) is 1. The number of hydrogen-bond donors (Lipinski definition) is 2. The van der Waals surface area contributed by atoms with Gasteiger partial charge in [-0.1, -0.05) is 42.5 Å². The van der Waals surface area contributed by atoms with E-state index in [1.807, 2.05) is 50.3 Å². The van der Waals surface area contributed by atoms with Crippen molar-refractivity contribution in [3.8, 4) is 0 Å². The maximum absolute atomic E-state index is 12.8. The summed E-state index contributed by atoms with van der Waals surface area (Å²) in [6, 6.07) is 15.5. The predicted octanol–water partition coefficient (Wildman–Crippen LogP) is 5.62. The van der Waals surface area contributed by atoms with Gasteiger partial charge in [-0.3, -0.25) is 9.52 Å². The normalized spacial score (nSPS) is 15.0. The first-order valence-corrected chi connectivity index (χ1v) is 15.1. The van der Waals surface area contributed by atoms with E-state index in [2.05, 4.69) is 27.8 Å². The molecule has 2 heterocycles. The number of carbonyl (C=O) groups is 1. The van der Waals surface area contributed by atoms with Crippen molar-refractivity contribution in [2.75, 3.05) is 30.7 Å². The SMILES string of the molecule is C=C(CCN(C)C)C(=O)C1C=CC(c2cnn3ccc(Nc4ccc(NS(=O)(=O)c5ccc(C)cc5)cc4)nc23)=CC1. The van der Waals surface area contributed by atoms with Gasteiger partial charge in [0, 0.05) is 35.6 Å². The topological polar surface area (TPSA) is 109 Å². The van der Waals surface area contributed by atoms with Crippen LogP contribution in [0.4, 0.5) is 17.2 Å². The fourth-order valence-corrected chi connectivity index (χ4v) is 5.66. The monoisotopic (exact) mass is 582 g/mol. The maximum atomic E-state index is 12.8. The van der Waals surface area contributed by atoms with Crippen LogP contribution in [0.2, 0.25) is 0 Å². The summed E-state index contributed by atoms with van der Waals surface area (Å²) in [5, 5.41) is 7.71. The molecule has 216 valence electrons. The molecule has 0 spiro atoms. The van der Waals surface area contributed by atoms with Crippen LogP contribution in [0.15, 0.2) is 102 Å². The second kappa shape index (κ2) is 12.1. The van der Waals surface area contributed by atoms with Crippen molar-refractivity contribution < 1.29 is 13.2 Å². The second-order valence-corrected chi connectivity index (χ2v) is 12.3. The summed E-state index contributed by atoms with van der Waals surface area (Å²) in [5.74, 6) is 0.490. The number of ketones is 1. The number of sulfonamides is 1. The summed E-state index contributed by atoms with van der Waals surface area (Å²) in [5.41, 5.74) is 5.36. The van der Waals surface area contributed by atoms with Crippen molar-refractivity contribution in [2.24, 2.45) is 5.92 Å². The molecule has 5 rings (SSSR count). The van der Waals surface area contributed by atoms with Crippen molar-refractivity contribution >= 4 is 44.2 Å². The van der Waals surface area contributed by atoms with Gasteiger partial charge in [-0.15, -0.1) is 0 Å². The zero-order valence-electron chi connectivity index (χ0n) is 23.9. The summed E-state index contributed by atoms with van der Waals surface area (Å²) in [7, 11) is 0.280. The Kier molecular flexibility index (Phi) is 8.37. The highest BCUT2D eigenvalue weighted by Crippen LogP contribution is 2.29. The van der Waals surface area contributed by atoms with Gasteiger partial charge >= 0.3 is 0 Å². The third-order valence-electron chi connectivity index (χ3n) is 7.07. The average Bonchev–Trinajstić information content (AvgIpc) is 3.40. The fourth-order valence-electron chi connectivity index (χ4n) is 4.60. The Bertz CT molecular complexity index is 1790. The van der Waals surface area contributed by atoms with E-state index in [1.54, 1.807) is 59.2 Å². The molecule has 2 aromatic carbocycles. The minimum atomic E-state index is -3.68. The van der Waals surface area contributed by atoms with Crippen LogP contribution in [0, 0.1) is 12.8 Å². The number of aryl methyl sites for hydroxylation is 1. The molecule has 0 radical (unpaired) electrons. The first-order chi connectivity index (χ1) is 20.1. The van der Waals surface area contributed by atoms with Gasteiger partial charge < -0.3 is 10.2 Å². The fraction of sp³-hybridized carbons (Fsp3) is 0.219. The number of rotatable bonds is 11. The van der Waals surface area contributed by atoms with Crippen LogP contribution in [-0.2, 0) is 14.8 Å². The Balaban J connectivity index is 1.26. The smallest absolute Gasteiger partial charge is 0.261 e. The lowest BCUT2D eigenvalue weighted by Crippen LogP contribution is -2.19. The molecule has 0 amide bonds. The molecule has 1 atom stereocenters. The first-order valence-electron chi connectivity index (χ1n) is 13.7. The van der Waals surface area contributed by atoms with E-state index in [1.165, 1.54) is 0 Å². The zero-order valence-corrected chi connectivity index (χ0v) is 24.7. The Labute approximate surface area is 246 Å². The number of allylic oxidation sites excluding steroid dienone is 4. The maximum Gasteiger partial charge on any atom is 0.261 e. The van der Waals surface area contributed by atoms with Crippen molar-refractivity contribution in [1.82, 2.24) is 19.5 Å². The van der Waals surface area contributed by atoms with Crippen LogP contribution >= 0.6 is 0 Å². The number of nitrogens with one attached hydrogen (secondary N) is 2. The number of anilines is 3. The predicted molar refractivity (Wildman–Crippen MR) is 167 cm³/mol. The lowest BCUT2D eigenvalue weighted by molar-refractivity contribution is -0.118. The van der Waals surface area contributed by atoms with Crippen LogP contribution in [0.1, 0.15) is 24.0 Å². The average molecular weight is 583 g/mol. The Morgan fingerprint density at radius 2 is 1.79 bits per heavy atom. The molecule has 2 aromatic heterocycles. The zero-order chi connectivity index (χ0) is 29.9. The lowest BCUT2D eigenvalue weighted by atomic mass is 9.88. The third kappa shape index (κ3) is 6.67. The number of fused-ring (bicyclic) bond motifs is 1. The quantitative estimate of drug-likeness (QED) is 0.221. The van der Waals surface area contributed by atoms with E-state index in [0.717, 1.165) is 28.9 Å². The molecule has 9 nitrogen and oxygen atoms in total. The molecule has 0 saturated heterocycles. The molecule has 0 bridgehead atoms. The van der Waals surface area contributed by atoms with E-state index >= 15 is 0 Å². The highest BCUT2D eigenvalue weighted by Gasteiger charge is 2.21. The summed E-state index contributed by atoms with van der Waals surface area (Å²) < 4.78 is 29.7. The number of benzene rings is 2. The van der Waals surface area contributed by atoms with Crippen molar-refractivity contribution in [2.45, 2.75) is 24.7 Å². The minimum absolute atomic E-state index is 0.0850. The van der Waals surface area contributed by atoms with Gasteiger partial charge in [-0.25, -0.2) is 17.9 Å². The van der Waals surface area contributed by atoms with Crippen molar-refractivity contribution in [3.63, 3.8) is 0 Å². The molecule has 0 aliphatic heterocycles. The van der Waals surface area contributed by atoms with Gasteiger partial charge in [0.15, 0.2) is 11.4 Å². The molecule has 0 fully saturated rings. The second-order valence-electron chi connectivity index (χ2n) is 10.6. The first kappa shape index (κ1) is 29.0. The van der Waals surface area contributed by atoms with Gasteiger partial charge in [0.1, 0.15) is 5.82 Å². The largest absolute Gasteiger partial charge is 0.340 e. The van der Waals surface area contributed by atoms with E-state index in [4.69, 9.17) is 4.98 Å². The van der Waals surface area contributed by atoms with Crippen LogP contribution < -0.4 is 10.0 Å². The van der Waals surface area contributed by atoms with Gasteiger partial charge in [0.25, 0.3) is 10.0 Å². The summed E-state index contributed by atoms with van der Waals surface area (Å²) >= 11 is 0. The molecular weight excluding hydrogens is 548 g/mol. The molecule has 4 aromatic rings. The molecule has 1 unspecified atom stereocenters. The number of carbonyl (C=O) groups excluding carboxylic acids is 1. The highest BCUT2D eigenvalue weighted by atomic mass is 32.2. The van der Waals surface area contributed by atoms with E-state index in [-0.39, 0.29) is 16.6 Å². The molecule has 1 aliphatic carbocycles. The standard InChI is InChI=1S/C32H34N6O3S/c1-22-5-15-28(16-6-22)42(40,41)36-27-13-11-26(12-14-27)34-30-18-20-38-32(35-30)29(21-33-38)24-7-9-25(10-8-24)31(39)23(2)17-19-37(3)4/h5-9,11-16,18,20-21,25,36H,2,10,17,19H2,1,3-4H3,(H,34,35). The van der Waals surface area contributed by atoms with E-state index in [0.29, 0.717) is 35.6 Å². The van der Waals surface area contributed by atoms with Crippen LogP contribution in [0.5, 0.6) is 0 Å². The molecule has 10 heteroatoms. The molecule has 42 heavy (non-hydrogen) atoms. The van der Waals surface area contributed by atoms with Crippen LogP contribution in [0.3, 0.4) is 0 Å². The number of aromatic nitrogens is 3. The highest BCUT2D eigenvalue weighted by molar-refractivity contribution is 7.92. The minimum Gasteiger partial charge on any atom is -0.340 e. The molecule has 2 N–H and O–H groups in total. The van der Waals surface area contributed by atoms with Crippen LogP contribution in [-0.4, -0.2) is 54.3 Å². The van der Waals surface area contributed by atoms with Crippen molar-refractivity contribution in [1.29, 1.82) is 0 Å². The van der Waals surface area contributed by atoms with Crippen LogP contribution in [0.25, 0.3) is 11.2 Å². The van der Waals surface area contributed by atoms with Crippen molar-refractivity contribution in [3.05, 3.63) is 108 Å².